The van der Waals surface area contributed by atoms with E-state index < -0.39 is 0 Å². The molecule has 0 saturated carbocycles. The zero-order valence-corrected chi connectivity index (χ0v) is 13.2. The molecule has 114 valence electrons. The van der Waals surface area contributed by atoms with Crippen LogP contribution >= 0.6 is 0 Å². The Hall–Kier alpha value is -1.35. The Bertz CT molecular complexity index is 518. The van der Waals surface area contributed by atoms with Gasteiger partial charge in [0.2, 0.25) is 5.91 Å². The van der Waals surface area contributed by atoms with Crippen molar-refractivity contribution in [2.75, 3.05) is 24.5 Å². The van der Waals surface area contributed by atoms with Crippen LogP contribution in [0.5, 0.6) is 0 Å². The second-order valence-corrected chi connectivity index (χ2v) is 6.76. The molecule has 3 heteroatoms. The first-order chi connectivity index (χ1) is 10.1. The molecule has 0 atom stereocenters. The number of amides is 1. The number of nitrogens with one attached hydrogen (secondary N) is 1. The number of benzene rings is 1. The average Bonchev–Trinajstić information content (AvgIpc) is 2.90. The molecule has 2 heterocycles. The molecule has 1 N–H and O–H groups in total. The summed E-state index contributed by atoms with van der Waals surface area (Å²) < 4.78 is 0. The second-order valence-electron chi connectivity index (χ2n) is 6.76. The van der Waals surface area contributed by atoms with Crippen molar-refractivity contribution in [1.29, 1.82) is 0 Å². The van der Waals surface area contributed by atoms with Crippen LogP contribution in [0.3, 0.4) is 0 Å². The molecule has 3 nitrogen and oxygen atoms in total. The van der Waals surface area contributed by atoms with Crippen molar-refractivity contribution in [2.45, 2.75) is 39.5 Å². The Balaban J connectivity index is 1.72. The van der Waals surface area contributed by atoms with E-state index in [0.29, 0.717) is 0 Å². The van der Waals surface area contributed by atoms with Crippen LogP contribution in [0, 0.1) is 11.8 Å². The number of piperidine rings is 1. The molecular weight excluding hydrogens is 260 g/mol. The SMILES string of the molecule is CC(C)C(=O)N1CCc2cc(CC3CCNCC3)ccc21. The maximum Gasteiger partial charge on any atom is 0.229 e. The highest BCUT2D eigenvalue weighted by Gasteiger charge is 2.26. The van der Waals surface area contributed by atoms with E-state index in [0.717, 1.165) is 37.7 Å². The normalized spacial score (nSPS) is 19.1. The number of hydrogen-bond acceptors (Lipinski definition) is 2. The number of carbonyl (C=O) groups excluding carboxylic acids is 1. The molecule has 3 rings (SSSR count). The number of rotatable bonds is 3. The minimum atomic E-state index is 0.0744. The lowest BCUT2D eigenvalue weighted by molar-refractivity contribution is -0.121. The van der Waals surface area contributed by atoms with Crippen LogP contribution in [0.15, 0.2) is 18.2 Å². The second kappa shape index (κ2) is 6.18. The van der Waals surface area contributed by atoms with E-state index in [2.05, 4.69) is 23.5 Å². The topological polar surface area (TPSA) is 32.3 Å². The number of carbonyl (C=O) groups is 1. The van der Waals surface area contributed by atoms with Gasteiger partial charge in [0.25, 0.3) is 0 Å². The lowest BCUT2D eigenvalue weighted by Gasteiger charge is -2.23. The molecule has 0 bridgehead atoms. The van der Waals surface area contributed by atoms with Gasteiger partial charge in [-0.2, -0.15) is 0 Å². The fourth-order valence-electron chi connectivity index (χ4n) is 3.54. The summed E-state index contributed by atoms with van der Waals surface area (Å²) in [6, 6.07) is 6.73. The smallest absolute Gasteiger partial charge is 0.229 e. The van der Waals surface area contributed by atoms with Gasteiger partial charge in [-0.05, 0) is 61.9 Å². The highest BCUT2D eigenvalue weighted by Crippen LogP contribution is 2.31. The minimum Gasteiger partial charge on any atom is -0.317 e. The molecule has 1 aromatic carbocycles. The first-order valence-corrected chi connectivity index (χ1v) is 8.29. The third kappa shape index (κ3) is 3.13. The van der Waals surface area contributed by atoms with Gasteiger partial charge in [0.05, 0.1) is 0 Å². The summed E-state index contributed by atoms with van der Waals surface area (Å²) in [4.78, 5) is 14.2. The van der Waals surface area contributed by atoms with E-state index in [-0.39, 0.29) is 11.8 Å². The lowest BCUT2D eigenvalue weighted by Crippen LogP contribution is -2.32. The van der Waals surface area contributed by atoms with Crippen molar-refractivity contribution in [3.05, 3.63) is 29.3 Å². The van der Waals surface area contributed by atoms with Crippen LogP contribution in [0.25, 0.3) is 0 Å². The van der Waals surface area contributed by atoms with Gasteiger partial charge in [-0.25, -0.2) is 0 Å². The van der Waals surface area contributed by atoms with Crippen LogP contribution in [-0.4, -0.2) is 25.5 Å². The van der Waals surface area contributed by atoms with Gasteiger partial charge >= 0.3 is 0 Å². The highest BCUT2D eigenvalue weighted by atomic mass is 16.2. The summed E-state index contributed by atoms with van der Waals surface area (Å²) in [5.74, 6) is 1.14. The highest BCUT2D eigenvalue weighted by molar-refractivity contribution is 5.96. The number of fused-ring (bicyclic) bond motifs is 1. The molecule has 1 aromatic rings. The van der Waals surface area contributed by atoms with E-state index in [1.165, 1.54) is 30.4 Å². The van der Waals surface area contributed by atoms with Crippen molar-refractivity contribution in [2.24, 2.45) is 11.8 Å². The molecular formula is C18H26N2O. The van der Waals surface area contributed by atoms with Crippen LogP contribution in [0.2, 0.25) is 0 Å². The Labute approximate surface area is 127 Å². The summed E-state index contributed by atoms with van der Waals surface area (Å²) >= 11 is 0. The van der Waals surface area contributed by atoms with Gasteiger partial charge in [0, 0.05) is 18.2 Å². The maximum atomic E-state index is 12.2. The van der Waals surface area contributed by atoms with Crippen LogP contribution in [0.1, 0.15) is 37.8 Å². The van der Waals surface area contributed by atoms with Crippen molar-refractivity contribution in [1.82, 2.24) is 5.32 Å². The Morgan fingerprint density at radius 1 is 1.33 bits per heavy atom. The molecule has 0 aromatic heterocycles. The van der Waals surface area contributed by atoms with Gasteiger partial charge in [0.1, 0.15) is 0 Å². The largest absolute Gasteiger partial charge is 0.317 e. The third-order valence-corrected chi connectivity index (χ3v) is 4.78. The first kappa shape index (κ1) is 14.6. The lowest BCUT2D eigenvalue weighted by atomic mass is 9.90. The summed E-state index contributed by atoms with van der Waals surface area (Å²) in [6.45, 7) is 7.12. The van der Waals surface area contributed by atoms with E-state index in [1.54, 1.807) is 0 Å². The van der Waals surface area contributed by atoms with Crippen LogP contribution in [0.4, 0.5) is 5.69 Å². The molecule has 0 aliphatic carbocycles. The molecule has 2 aliphatic rings. The van der Waals surface area contributed by atoms with Gasteiger partial charge in [-0.3, -0.25) is 4.79 Å². The zero-order chi connectivity index (χ0) is 14.8. The Kier molecular flexibility index (Phi) is 4.29. The van der Waals surface area contributed by atoms with Gasteiger partial charge in [-0.15, -0.1) is 0 Å². The monoisotopic (exact) mass is 286 g/mol. The zero-order valence-electron chi connectivity index (χ0n) is 13.2. The van der Waals surface area contributed by atoms with E-state index in [9.17, 15) is 4.79 Å². The molecule has 0 radical (unpaired) electrons. The predicted octanol–water partition coefficient (Wildman–Crippen LogP) is 2.77. The Morgan fingerprint density at radius 3 is 2.81 bits per heavy atom. The van der Waals surface area contributed by atoms with Gasteiger partial charge in [0.15, 0.2) is 0 Å². The van der Waals surface area contributed by atoms with Crippen molar-refractivity contribution < 1.29 is 4.79 Å². The summed E-state index contributed by atoms with van der Waals surface area (Å²) in [5.41, 5.74) is 3.94. The summed E-state index contributed by atoms with van der Waals surface area (Å²) in [7, 11) is 0. The van der Waals surface area contributed by atoms with Crippen molar-refractivity contribution in [3.8, 4) is 0 Å². The maximum absolute atomic E-state index is 12.2. The number of hydrogen-bond donors (Lipinski definition) is 1. The molecule has 2 aliphatic heterocycles. The number of anilines is 1. The van der Waals surface area contributed by atoms with Gasteiger partial charge < -0.3 is 10.2 Å². The summed E-state index contributed by atoms with van der Waals surface area (Å²) in [6.07, 6.45) is 4.77. The molecule has 0 spiro atoms. The van der Waals surface area contributed by atoms with Crippen LogP contribution < -0.4 is 10.2 Å². The predicted molar refractivity (Wildman–Crippen MR) is 86.6 cm³/mol. The van der Waals surface area contributed by atoms with Crippen LogP contribution in [-0.2, 0) is 17.6 Å². The first-order valence-electron chi connectivity index (χ1n) is 8.29. The summed E-state index contributed by atoms with van der Waals surface area (Å²) in [5, 5.41) is 3.43. The standard InChI is InChI=1S/C18H26N2O/c1-13(2)18(21)20-10-7-16-12-15(3-4-17(16)20)11-14-5-8-19-9-6-14/h3-4,12-14,19H,5-11H2,1-2H3. The fraction of sp³-hybridized carbons (Fsp3) is 0.611. The van der Waals surface area contributed by atoms with Gasteiger partial charge in [-0.1, -0.05) is 26.0 Å². The minimum absolute atomic E-state index is 0.0744. The molecule has 1 amide bonds. The van der Waals surface area contributed by atoms with E-state index in [4.69, 9.17) is 0 Å². The van der Waals surface area contributed by atoms with Crippen molar-refractivity contribution in [3.63, 3.8) is 0 Å². The molecule has 1 fully saturated rings. The average molecular weight is 286 g/mol. The van der Waals surface area contributed by atoms with Crippen molar-refractivity contribution >= 4 is 11.6 Å². The van der Waals surface area contributed by atoms with E-state index >= 15 is 0 Å². The molecule has 1 saturated heterocycles. The quantitative estimate of drug-likeness (QED) is 0.926. The fourth-order valence-corrected chi connectivity index (χ4v) is 3.54. The molecule has 0 unspecified atom stereocenters. The Morgan fingerprint density at radius 2 is 2.10 bits per heavy atom. The third-order valence-electron chi connectivity index (χ3n) is 4.78. The molecule has 21 heavy (non-hydrogen) atoms. The van der Waals surface area contributed by atoms with E-state index in [1.807, 2.05) is 18.7 Å². The number of nitrogens with zero attached hydrogens (tertiary/aromatic N) is 1.